The maximum atomic E-state index is 12.8. The fourth-order valence-corrected chi connectivity index (χ4v) is 4.05. The highest BCUT2D eigenvalue weighted by Gasteiger charge is 2.25. The number of aromatic nitrogens is 3. The van der Waals surface area contributed by atoms with Crippen LogP contribution in [0.5, 0.6) is 0 Å². The number of hydrogen-bond donors (Lipinski definition) is 1. The second kappa shape index (κ2) is 6.49. The number of amides is 1. The van der Waals surface area contributed by atoms with E-state index in [0.29, 0.717) is 12.1 Å². The van der Waals surface area contributed by atoms with E-state index < -0.39 is 0 Å². The van der Waals surface area contributed by atoms with Gasteiger partial charge in [-0.1, -0.05) is 36.4 Å². The minimum atomic E-state index is -0.0481. The molecule has 24 heavy (non-hydrogen) atoms. The molecular weight excluding hydrogens is 320 g/mol. The number of carbonyl (C=O) groups is 1. The van der Waals surface area contributed by atoms with Crippen molar-refractivity contribution in [1.29, 1.82) is 0 Å². The Balaban J connectivity index is 1.55. The first-order chi connectivity index (χ1) is 11.8. The zero-order valence-corrected chi connectivity index (χ0v) is 13.7. The van der Waals surface area contributed by atoms with Crippen molar-refractivity contribution in [3.8, 4) is 0 Å². The minimum Gasteiger partial charge on any atom is -0.344 e. The van der Waals surface area contributed by atoms with Gasteiger partial charge in [0.05, 0.1) is 12.6 Å². The third kappa shape index (κ3) is 2.92. The summed E-state index contributed by atoms with van der Waals surface area (Å²) in [5.74, 6) is 0.823. The lowest BCUT2D eigenvalue weighted by Crippen LogP contribution is -2.29. The second-order valence-corrected chi connectivity index (χ2v) is 6.69. The Morgan fingerprint density at radius 1 is 1.21 bits per heavy atom. The molecule has 120 valence electrons. The Morgan fingerprint density at radius 3 is 2.92 bits per heavy atom. The average Bonchev–Trinajstić information content (AvgIpc) is 3.26. The van der Waals surface area contributed by atoms with Crippen LogP contribution in [0.4, 0.5) is 0 Å². The topological polar surface area (TPSA) is 59.8 Å². The highest BCUT2D eigenvalue weighted by atomic mass is 32.2. The van der Waals surface area contributed by atoms with E-state index in [2.05, 4.69) is 27.5 Å². The number of thioether (sulfide) groups is 1. The molecule has 1 aliphatic rings. The van der Waals surface area contributed by atoms with Crippen molar-refractivity contribution in [2.75, 3.05) is 5.75 Å². The van der Waals surface area contributed by atoms with Gasteiger partial charge in [0, 0.05) is 16.2 Å². The summed E-state index contributed by atoms with van der Waals surface area (Å²) in [5, 5.41) is 7.28. The van der Waals surface area contributed by atoms with Crippen LogP contribution in [0.2, 0.25) is 0 Å². The molecule has 1 aromatic heterocycles. The maximum Gasteiger partial charge on any atom is 0.252 e. The van der Waals surface area contributed by atoms with Crippen LogP contribution in [-0.2, 0) is 6.54 Å². The number of benzene rings is 2. The molecule has 6 heteroatoms. The van der Waals surface area contributed by atoms with Crippen LogP contribution in [0.15, 0.2) is 66.1 Å². The maximum absolute atomic E-state index is 12.8. The van der Waals surface area contributed by atoms with Gasteiger partial charge < -0.3 is 5.32 Å². The fourth-order valence-electron chi connectivity index (χ4n) is 2.89. The van der Waals surface area contributed by atoms with Gasteiger partial charge in [-0.3, -0.25) is 4.79 Å². The molecule has 0 spiro atoms. The number of hydrogen-bond acceptors (Lipinski definition) is 4. The molecular formula is C18H16N4OS. The number of nitrogens with one attached hydrogen (secondary N) is 1. The lowest BCUT2D eigenvalue weighted by Gasteiger charge is -2.15. The second-order valence-electron chi connectivity index (χ2n) is 5.63. The summed E-state index contributed by atoms with van der Waals surface area (Å²) in [6.45, 7) is 0.527. The van der Waals surface area contributed by atoms with Gasteiger partial charge in [-0.15, -0.1) is 11.8 Å². The van der Waals surface area contributed by atoms with E-state index in [1.54, 1.807) is 22.8 Å². The molecule has 0 radical (unpaired) electrons. The Morgan fingerprint density at radius 2 is 2.04 bits per heavy atom. The van der Waals surface area contributed by atoms with E-state index in [4.69, 9.17) is 0 Å². The summed E-state index contributed by atoms with van der Waals surface area (Å²) in [4.78, 5) is 18.0. The molecule has 1 atom stereocenters. The van der Waals surface area contributed by atoms with E-state index in [9.17, 15) is 4.79 Å². The van der Waals surface area contributed by atoms with Gasteiger partial charge in [-0.05, 0) is 23.3 Å². The van der Waals surface area contributed by atoms with Crippen LogP contribution in [0, 0.1) is 0 Å². The first-order valence-corrected chi connectivity index (χ1v) is 8.73. The zero-order chi connectivity index (χ0) is 16.4. The van der Waals surface area contributed by atoms with Crippen molar-refractivity contribution in [3.63, 3.8) is 0 Å². The van der Waals surface area contributed by atoms with Crippen LogP contribution in [0.1, 0.15) is 27.5 Å². The quantitative estimate of drug-likeness (QED) is 0.796. The van der Waals surface area contributed by atoms with Crippen LogP contribution in [0.25, 0.3) is 0 Å². The monoisotopic (exact) mass is 336 g/mol. The van der Waals surface area contributed by atoms with Gasteiger partial charge in [0.25, 0.3) is 5.91 Å². The van der Waals surface area contributed by atoms with E-state index in [-0.39, 0.29) is 11.9 Å². The molecule has 3 aromatic rings. The van der Waals surface area contributed by atoms with E-state index in [0.717, 1.165) is 11.3 Å². The molecule has 2 heterocycles. The van der Waals surface area contributed by atoms with Crippen LogP contribution in [-0.4, -0.2) is 26.4 Å². The van der Waals surface area contributed by atoms with Crippen molar-refractivity contribution < 1.29 is 4.79 Å². The third-order valence-corrected chi connectivity index (χ3v) is 5.25. The smallest absolute Gasteiger partial charge is 0.252 e. The lowest BCUT2D eigenvalue weighted by atomic mass is 10.0. The van der Waals surface area contributed by atoms with Crippen LogP contribution >= 0.6 is 11.8 Å². The average molecular weight is 336 g/mol. The van der Waals surface area contributed by atoms with Crippen molar-refractivity contribution in [2.24, 2.45) is 0 Å². The number of carbonyl (C=O) groups excluding carboxylic acids is 1. The number of fused-ring (bicyclic) bond motifs is 1. The minimum absolute atomic E-state index is 0.0481. The Labute approximate surface area is 144 Å². The first-order valence-electron chi connectivity index (χ1n) is 7.74. The lowest BCUT2D eigenvalue weighted by molar-refractivity contribution is 0.0939. The van der Waals surface area contributed by atoms with Crippen molar-refractivity contribution in [2.45, 2.75) is 17.5 Å². The van der Waals surface area contributed by atoms with Crippen LogP contribution < -0.4 is 5.32 Å². The van der Waals surface area contributed by atoms with Gasteiger partial charge in [-0.25, -0.2) is 9.67 Å². The standard InChI is InChI=1S/C18H16N4OS/c23-18(21-16-10-24-17-8-4-3-7-15(16)17)14-6-2-1-5-13(14)9-22-12-19-11-20-22/h1-8,11-12,16H,9-10H2,(H,21,23)/t16-/m0/s1. The van der Waals surface area contributed by atoms with Gasteiger partial charge in [-0.2, -0.15) is 5.10 Å². The molecule has 0 bridgehead atoms. The molecule has 0 saturated carbocycles. The van der Waals surface area contributed by atoms with Crippen molar-refractivity contribution in [1.82, 2.24) is 20.1 Å². The highest BCUT2D eigenvalue weighted by molar-refractivity contribution is 7.99. The van der Waals surface area contributed by atoms with Gasteiger partial charge >= 0.3 is 0 Å². The molecule has 1 N–H and O–H groups in total. The molecule has 5 nitrogen and oxygen atoms in total. The summed E-state index contributed by atoms with van der Waals surface area (Å²) in [6.07, 6.45) is 3.15. The van der Waals surface area contributed by atoms with Gasteiger partial charge in [0.2, 0.25) is 0 Å². The predicted octanol–water partition coefficient (Wildman–Crippen LogP) is 2.90. The van der Waals surface area contributed by atoms with E-state index >= 15 is 0 Å². The van der Waals surface area contributed by atoms with Gasteiger partial charge in [0.1, 0.15) is 12.7 Å². The molecule has 0 saturated heterocycles. The van der Waals surface area contributed by atoms with Crippen molar-refractivity contribution in [3.05, 3.63) is 77.9 Å². The predicted molar refractivity (Wildman–Crippen MR) is 92.9 cm³/mol. The largest absolute Gasteiger partial charge is 0.344 e. The van der Waals surface area contributed by atoms with Crippen molar-refractivity contribution >= 4 is 17.7 Å². The van der Waals surface area contributed by atoms with Gasteiger partial charge in [0.15, 0.2) is 0 Å². The summed E-state index contributed by atoms with van der Waals surface area (Å²) in [7, 11) is 0. The third-order valence-electron chi connectivity index (χ3n) is 4.07. The summed E-state index contributed by atoms with van der Waals surface area (Å²) in [6, 6.07) is 15.9. The Hall–Kier alpha value is -2.60. The molecule has 4 rings (SSSR count). The van der Waals surface area contributed by atoms with Crippen LogP contribution in [0.3, 0.4) is 0 Å². The molecule has 1 aliphatic heterocycles. The molecule has 2 aromatic carbocycles. The Kier molecular flexibility index (Phi) is 4.04. The Bertz CT molecular complexity index is 863. The van der Waals surface area contributed by atoms with E-state index in [1.165, 1.54) is 16.8 Å². The molecule has 0 fully saturated rings. The molecule has 1 amide bonds. The summed E-state index contributed by atoms with van der Waals surface area (Å²) < 4.78 is 1.72. The zero-order valence-electron chi connectivity index (χ0n) is 12.9. The summed E-state index contributed by atoms with van der Waals surface area (Å²) >= 11 is 1.78. The number of nitrogens with zero attached hydrogens (tertiary/aromatic N) is 3. The molecule has 0 aliphatic carbocycles. The molecule has 0 unspecified atom stereocenters. The normalized spacial score (nSPS) is 15.9. The fraction of sp³-hybridized carbons (Fsp3) is 0.167. The SMILES string of the molecule is O=C(N[C@H]1CSc2ccccc21)c1ccccc1Cn1cncn1. The summed E-state index contributed by atoms with van der Waals surface area (Å²) in [5.41, 5.74) is 2.81. The first kappa shape index (κ1) is 15.0. The highest BCUT2D eigenvalue weighted by Crippen LogP contribution is 2.37. The number of rotatable bonds is 4. The van der Waals surface area contributed by atoms with E-state index in [1.807, 2.05) is 36.4 Å².